The van der Waals surface area contributed by atoms with Crippen LogP contribution in [0.5, 0.6) is 5.75 Å². The molecule has 136 valence electrons. The molecular formula is C19H26N2O4. The summed E-state index contributed by atoms with van der Waals surface area (Å²) in [5, 5.41) is 13.8. The number of ether oxygens (including phenoxy) is 2. The van der Waals surface area contributed by atoms with Gasteiger partial charge in [-0.3, -0.25) is 4.68 Å². The van der Waals surface area contributed by atoms with Crippen molar-refractivity contribution in [2.75, 3.05) is 7.11 Å². The average molecular weight is 346 g/mol. The van der Waals surface area contributed by atoms with Crippen molar-refractivity contribution in [3.63, 3.8) is 0 Å². The highest BCUT2D eigenvalue weighted by atomic mass is 16.5. The Hall–Kier alpha value is -2.34. The van der Waals surface area contributed by atoms with Gasteiger partial charge in [-0.2, -0.15) is 5.10 Å². The van der Waals surface area contributed by atoms with Gasteiger partial charge in [-0.05, 0) is 38.0 Å². The SMILES string of the molecule is COc1cccc(-c2cc(COC(C)(C)C(=O)O)nn2CC(C)C)c1. The Morgan fingerprint density at radius 2 is 2.04 bits per heavy atom. The van der Waals surface area contributed by atoms with Gasteiger partial charge in [-0.1, -0.05) is 26.0 Å². The van der Waals surface area contributed by atoms with Crippen LogP contribution in [0.3, 0.4) is 0 Å². The summed E-state index contributed by atoms with van der Waals surface area (Å²) in [4.78, 5) is 11.2. The van der Waals surface area contributed by atoms with Crippen molar-refractivity contribution in [2.24, 2.45) is 5.92 Å². The van der Waals surface area contributed by atoms with E-state index in [1.807, 2.05) is 35.0 Å². The molecule has 0 amide bonds. The predicted octanol–water partition coefficient (Wildman–Crippen LogP) is 3.59. The maximum Gasteiger partial charge on any atom is 0.335 e. The van der Waals surface area contributed by atoms with Crippen LogP contribution in [0.15, 0.2) is 30.3 Å². The van der Waals surface area contributed by atoms with E-state index in [4.69, 9.17) is 14.6 Å². The van der Waals surface area contributed by atoms with E-state index in [0.717, 1.165) is 23.6 Å². The minimum Gasteiger partial charge on any atom is -0.497 e. The van der Waals surface area contributed by atoms with Crippen molar-refractivity contribution in [3.8, 4) is 17.0 Å². The van der Waals surface area contributed by atoms with Crippen LogP contribution in [0.25, 0.3) is 11.3 Å². The molecule has 0 saturated carbocycles. The number of rotatable bonds is 8. The van der Waals surface area contributed by atoms with Crippen LogP contribution in [-0.2, 0) is 22.7 Å². The van der Waals surface area contributed by atoms with Gasteiger partial charge >= 0.3 is 5.97 Å². The van der Waals surface area contributed by atoms with Gasteiger partial charge in [0.05, 0.1) is 25.1 Å². The van der Waals surface area contributed by atoms with E-state index in [-0.39, 0.29) is 6.61 Å². The zero-order valence-corrected chi connectivity index (χ0v) is 15.4. The van der Waals surface area contributed by atoms with E-state index in [2.05, 4.69) is 18.9 Å². The molecule has 0 aliphatic heterocycles. The second-order valence-corrected chi connectivity index (χ2v) is 6.93. The molecule has 0 radical (unpaired) electrons. The van der Waals surface area contributed by atoms with Crippen molar-refractivity contribution in [2.45, 2.75) is 46.4 Å². The fraction of sp³-hybridized carbons (Fsp3) is 0.474. The van der Waals surface area contributed by atoms with Crippen molar-refractivity contribution >= 4 is 5.97 Å². The lowest BCUT2D eigenvalue weighted by Gasteiger charge is -2.19. The van der Waals surface area contributed by atoms with Crippen LogP contribution in [0, 0.1) is 5.92 Å². The standard InChI is InChI=1S/C19H26N2O4/c1-13(2)11-21-17(14-7-6-8-16(9-14)24-5)10-15(20-21)12-25-19(3,4)18(22)23/h6-10,13H,11-12H2,1-5H3,(H,22,23). The van der Waals surface area contributed by atoms with E-state index >= 15 is 0 Å². The van der Waals surface area contributed by atoms with Crippen LogP contribution in [0.1, 0.15) is 33.4 Å². The van der Waals surface area contributed by atoms with Crippen LogP contribution < -0.4 is 4.74 Å². The lowest BCUT2D eigenvalue weighted by atomic mass is 10.1. The number of aliphatic carboxylic acids is 1. The minimum atomic E-state index is -1.25. The first-order chi connectivity index (χ1) is 11.7. The molecule has 6 heteroatoms. The van der Waals surface area contributed by atoms with Gasteiger partial charge in [0, 0.05) is 12.1 Å². The van der Waals surface area contributed by atoms with Gasteiger partial charge in [-0.15, -0.1) is 0 Å². The van der Waals surface area contributed by atoms with Gasteiger partial charge in [-0.25, -0.2) is 4.79 Å². The molecule has 0 fully saturated rings. The number of hydrogen-bond donors (Lipinski definition) is 1. The van der Waals surface area contributed by atoms with E-state index in [0.29, 0.717) is 11.6 Å². The second-order valence-electron chi connectivity index (χ2n) is 6.93. The average Bonchev–Trinajstić information content (AvgIpc) is 2.95. The molecule has 0 aliphatic rings. The first kappa shape index (κ1) is 19.0. The van der Waals surface area contributed by atoms with E-state index < -0.39 is 11.6 Å². The second kappa shape index (κ2) is 7.70. The minimum absolute atomic E-state index is 0.140. The first-order valence-corrected chi connectivity index (χ1v) is 8.31. The Bertz CT molecular complexity index is 735. The van der Waals surface area contributed by atoms with Crippen molar-refractivity contribution in [1.29, 1.82) is 0 Å². The van der Waals surface area contributed by atoms with Gasteiger partial charge in [0.25, 0.3) is 0 Å². The summed E-state index contributed by atoms with van der Waals surface area (Å²) in [7, 11) is 1.64. The molecule has 0 atom stereocenters. The largest absolute Gasteiger partial charge is 0.497 e. The molecule has 0 aliphatic carbocycles. The normalized spacial score (nSPS) is 11.8. The molecule has 2 aromatic rings. The Kier molecular flexibility index (Phi) is 5.85. The molecule has 25 heavy (non-hydrogen) atoms. The van der Waals surface area contributed by atoms with E-state index in [9.17, 15) is 4.79 Å². The summed E-state index contributed by atoms with van der Waals surface area (Å²) in [6.45, 7) is 8.21. The van der Waals surface area contributed by atoms with Crippen LogP contribution >= 0.6 is 0 Å². The summed E-state index contributed by atoms with van der Waals surface area (Å²) in [5.74, 6) is 0.204. The molecule has 2 rings (SSSR count). The number of nitrogens with zero attached hydrogens (tertiary/aromatic N) is 2. The third kappa shape index (κ3) is 4.82. The van der Waals surface area contributed by atoms with Crippen LogP contribution in [0.2, 0.25) is 0 Å². The third-order valence-corrected chi connectivity index (χ3v) is 3.83. The van der Waals surface area contributed by atoms with Crippen LogP contribution in [0.4, 0.5) is 0 Å². The lowest BCUT2D eigenvalue weighted by molar-refractivity contribution is -0.162. The van der Waals surface area contributed by atoms with E-state index in [1.165, 1.54) is 13.8 Å². The quantitative estimate of drug-likeness (QED) is 0.790. The zero-order chi connectivity index (χ0) is 18.6. The third-order valence-electron chi connectivity index (χ3n) is 3.83. The Labute approximate surface area is 148 Å². The fourth-order valence-electron chi connectivity index (χ4n) is 2.36. The van der Waals surface area contributed by atoms with Crippen molar-refractivity contribution in [3.05, 3.63) is 36.0 Å². The molecule has 6 nitrogen and oxygen atoms in total. The van der Waals surface area contributed by atoms with Gasteiger partial charge in [0.2, 0.25) is 0 Å². The van der Waals surface area contributed by atoms with Crippen molar-refractivity contribution < 1.29 is 19.4 Å². The summed E-state index contributed by atoms with van der Waals surface area (Å²) in [6, 6.07) is 9.73. The molecule has 1 aromatic heterocycles. The Morgan fingerprint density at radius 3 is 2.64 bits per heavy atom. The molecule has 1 aromatic carbocycles. The van der Waals surface area contributed by atoms with Gasteiger partial charge in [0.1, 0.15) is 5.75 Å². The van der Waals surface area contributed by atoms with Gasteiger partial charge < -0.3 is 14.6 Å². The highest BCUT2D eigenvalue weighted by Crippen LogP contribution is 2.26. The smallest absolute Gasteiger partial charge is 0.335 e. The molecule has 0 unspecified atom stereocenters. The first-order valence-electron chi connectivity index (χ1n) is 8.31. The number of hydrogen-bond acceptors (Lipinski definition) is 4. The number of carboxylic acids is 1. The number of aromatic nitrogens is 2. The number of carboxylic acid groups (broad SMARTS) is 1. The van der Waals surface area contributed by atoms with Crippen molar-refractivity contribution in [1.82, 2.24) is 9.78 Å². The molecule has 0 spiro atoms. The fourth-order valence-corrected chi connectivity index (χ4v) is 2.36. The van der Waals surface area contributed by atoms with Crippen LogP contribution in [-0.4, -0.2) is 33.6 Å². The topological polar surface area (TPSA) is 73.6 Å². The lowest BCUT2D eigenvalue weighted by Crippen LogP contribution is -2.34. The van der Waals surface area contributed by atoms with Gasteiger partial charge in [0.15, 0.2) is 5.60 Å². The predicted molar refractivity (Wildman–Crippen MR) is 95.6 cm³/mol. The Morgan fingerprint density at radius 1 is 1.32 bits per heavy atom. The summed E-state index contributed by atoms with van der Waals surface area (Å²) in [5.41, 5.74) is 1.40. The summed E-state index contributed by atoms with van der Waals surface area (Å²) < 4.78 is 12.8. The summed E-state index contributed by atoms with van der Waals surface area (Å²) >= 11 is 0. The number of carbonyl (C=O) groups is 1. The molecule has 1 N–H and O–H groups in total. The van der Waals surface area contributed by atoms with E-state index in [1.54, 1.807) is 7.11 Å². The monoisotopic (exact) mass is 346 g/mol. The highest BCUT2D eigenvalue weighted by molar-refractivity contribution is 5.76. The maximum absolute atomic E-state index is 11.2. The summed E-state index contributed by atoms with van der Waals surface area (Å²) in [6.07, 6.45) is 0. The Balaban J connectivity index is 2.31. The number of methoxy groups -OCH3 is 1. The number of benzene rings is 1. The molecule has 0 bridgehead atoms. The maximum atomic E-state index is 11.2. The molecular weight excluding hydrogens is 320 g/mol. The zero-order valence-electron chi connectivity index (χ0n) is 15.4. The molecule has 1 heterocycles. The highest BCUT2D eigenvalue weighted by Gasteiger charge is 2.28. The molecule has 0 saturated heterocycles.